The first kappa shape index (κ1) is 17.6. The Kier molecular flexibility index (Phi) is 5.79. The van der Waals surface area contributed by atoms with Gasteiger partial charge < -0.3 is 14.1 Å². The van der Waals surface area contributed by atoms with Crippen LogP contribution in [0, 0.1) is 6.92 Å². The van der Waals surface area contributed by atoms with Gasteiger partial charge in [-0.2, -0.15) is 0 Å². The summed E-state index contributed by atoms with van der Waals surface area (Å²) < 4.78 is 11.0. The highest BCUT2D eigenvalue weighted by molar-refractivity contribution is 7.10. The van der Waals surface area contributed by atoms with Crippen molar-refractivity contribution in [1.29, 1.82) is 0 Å². The number of halogens is 1. The van der Waals surface area contributed by atoms with Gasteiger partial charge in [-0.15, -0.1) is 11.3 Å². The third-order valence-corrected chi connectivity index (χ3v) is 5.09. The molecule has 2 heterocycles. The fraction of sp³-hybridized carbons (Fsp3) is 0.211. The molecule has 1 amide bonds. The Bertz CT molecular complexity index is 829. The molecule has 0 spiro atoms. The Labute approximate surface area is 155 Å². The molecular formula is C19H18ClNO3S. The van der Waals surface area contributed by atoms with E-state index in [9.17, 15) is 4.79 Å². The molecule has 0 atom stereocenters. The molecular weight excluding hydrogens is 358 g/mol. The first-order valence-electron chi connectivity index (χ1n) is 7.84. The number of rotatable bonds is 7. The highest BCUT2D eigenvalue weighted by Crippen LogP contribution is 2.24. The van der Waals surface area contributed by atoms with Crippen molar-refractivity contribution in [1.82, 2.24) is 4.90 Å². The van der Waals surface area contributed by atoms with Gasteiger partial charge in [-0.1, -0.05) is 23.7 Å². The summed E-state index contributed by atoms with van der Waals surface area (Å²) in [6, 6.07) is 12.8. The highest BCUT2D eigenvalue weighted by Gasteiger charge is 2.18. The number of amides is 1. The lowest BCUT2D eigenvalue weighted by Crippen LogP contribution is -2.34. The zero-order chi connectivity index (χ0) is 17.6. The normalized spacial score (nSPS) is 10.6. The molecule has 0 fully saturated rings. The number of hydrogen-bond acceptors (Lipinski definition) is 4. The third kappa shape index (κ3) is 4.65. The van der Waals surface area contributed by atoms with Gasteiger partial charge in [-0.25, -0.2) is 0 Å². The van der Waals surface area contributed by atoms with Gasteiger partial charge >= 0.3 is 0 Å². The maximum Gasteiger partial charge on any atom is 0.261 e. The molecule has 4 nitrogen and oxygen atoms in total. The molecule has 1 aromatic carbocycles. The van der Waals surface area contributed by atoms with E-state index in [1.807, 2.05) is 36.6 Å². The van der Waals surface area contributed by atoms with Crippen LogP contribution in [0.4, 0.5) is 0 Å². The van der Waals surface area contributed by atoms with Gasteiger partial charge in [0, 0.05) is 4.88 Å². The Hall–Kier alpha value is -2.24. The van der Waals surface area contributed by atoms with Crippen molar-refractivity contribution in [3.63, 3.8) is 0 Å². The highest BCUT2D eigenvalue weighted by atomic mass is 35.5. The van der Waals surface area contributed by atoms with Crippen LogP contribution in [0.3, 0.4) is 0 Å². The number of nitrogens with zero attached hydrogens (tertiary/aromatic N) is 1. The number of ether oxygens (including phenoxy) is 1. The predicted molar refractivity (Wildman–Crippen MR) is 99.0 cm³/mol. The number of thiophene rings is 1. The summed E-state index contributed by atoms with van der Waals surface area (Å²) in [5.41, 5.74) is 1.18. The van der Waals surface area contributed by atoms with Crippen LogP contribution in [-0.2, 0) is 17.9 Å². The van der Waals surface area contributed by atoms with Crippen LogP contribution in [0.5, 0.6) is 5.75 Å². The molecule has 25 heavy (non-hydrogen) atoms. The number of carbonyl (C=O) groups is 1. The molecule has 0 radical (unpaired) electrons. The minimum absolute atomic E-state index is 0.0745. The summed E-state index contributed by atoms with van der Waals surface area (Å²) in [7, 11) is 0. The second-order valence-corrected chi connectivity index (χ2v) is 6.98. The van der Waals surface area contributed by atoms with Crippen LogP contribution in [0.15, 0.2) is 58.5 Å². The molecule has 0 bridgehead atoms. The SMILES string of the molecule is Cc1ccsc1CN(Cc1ccco1)C(=O)COc1ccccc1Cl. The number of carbonyl (C=O) groups excluding carboxylic acids is 1. The van der Waals surface area contributed by atoms with Gasteiger partial charge in [0.25, 0.3) is 5.91 Å². The van der Waals surface area contributed by atoms with Crippen LogP contribution in [0.1, 0.15) is 16.2 Å². The van der Waals surface area contributed by atoms with Gasteiger partial charge in [0.05, 0.1) is 24.4 Å². The van der Waals surface area contributed by atoms with Crippen molar-refractivity contribution in [3.05, 3.63) is 75.3 Å². The summed E-state index contributed by atoms with van der Waals surface area (Å²) in [4.78, 5) is 15.6. The smallest absolute Gasteiger partial charge is 0.261 e. The summed E-state index contributed by atoms with van der Waals surface area (Å²) in [5, 5.41) is 2.52. The molecule has 130 valence electrons. The molecule has 6 heteroatoms. The standard InChI is InChI=1S/C19H18ClNO3S/c1-14-8-10-25-18(14)12-21(11-15-5-4-9-23-15)19(22)13-24-17-7-3-2-6-16(17)20/h2-10H,11-13H2,1H3. The number of furan rings is 1. The Balaban J connectivity index is 1.70. The average Bonchev–Trinajstić information content (AvgIpc) is 3.25. The minimum atomic E-state index is -0.121. The topological polar surface area (TPSA) is 42.7 Å². The first-order valence-corrected chi connectivity index (χ1v) is 9.09. The summed E-state index contributed by atoms with van der Waals surface area (Å²) in [6.45, 7) is 2.89. The van der Waals surface area contributed by atoms with Crippen molar-refractivity contribution < 1.29 is 13.9 Å². The van der Waals surface area contributed by atoms with E-state index in [2.05, 4.69) is 6.07 Å². The molecule has 0 saturated heterocycles. The van der Waals surface area contributed by atoms with Crippen LogP contribution in [-0.4, -0.2) is 17.4 Å². The largest absolute Gasteiger partial charge is 0.482 e. The van der Waals surface area contributed by atoms with E-state index >= 15 is 0 Å². The van der Waals surface area contributed by atoms with E-state index in [0.29, 0.717) is 23.9 Å². The van der Waals surface area contributed by atoms with E-state index in [-0.39, 0.29) is 12.5 Å². The van der Waals surface area contributed by atoms with E-state index < -0.39 is 0 Å². The molecule has 3 rings (SSSR count). The molecule has 0 saturated carbocycles. The van der Waals surface area contributed by atoms with Crippen molar-refractivity contribution in [3.8, 4) is 5.75 Å². The zero-order valence-corrected chi connectivity index (χ0v) is 15.3. The van der Waals surface area contributed by atoms with Crippen molar-refractivity contribution in [2.75, 3.05) is 6.61 Å². The summed E-state index contributed by atoms with van der Waals surface area (Å²) in [6.07, 6.45) is 1.61. The second kappa shape index (κ2) is 8.23. The molecule has 2 aromatic heterocycles. The van der Waals surface area contributed by atoms with Crippen molar-refractivity contribution >= 4 is 28.8 Å². The van der Waals surface area contributed by atoms with Crippen LogP contribution < -0.4 is 4.74 Å². The second-order valence-electron chi connectivity index (χ2n) is 5.58. The van der Waals surface area contributed by atoms with Crippen LogP contribution >= 0.6 is 22.9 Å². The maximum atomic E-state index is 12.7. The molecule has 0 N–H and O–H groups in total. The number of para-hydroxylation sites is 1. The average molecular weight is 376 g/mol. The fourth-order valence-corrected chi connectivity index (χ4v) is 3.47. The maximum absolute atomic E-state index is 12.7. The zero-order valence-electron chi connectivity index (χ0n) is 13.8. The predicted octanol–water partition coefficient (Wildman–Crippen LogP) is 4.91. The third-order valence-electron chi connectivity index (χ3n) is 3.77. The van der Waals surface area contributed by atoms with E-state index in [0.717, 1.165) is 10.6 Å². The Morgan fingerprint density at radius 3 is 2.72 bits per heavy atom. The lowest BCUT2D eigenvalue weighted by Gasteiger charge is -2.22. The van der Waals surface area contributed by atoms with Crippen molar-refractivity contribution in [2.45, 2.75) is 20.0 Å². The minimum Gasteiger partial charge on any atom is -0.482 e. The molecule has 3 aromatic rings. The molecule has 0 aliphatic carbocycles. The van der Waals surface area contributed by atoms with Gasteiger partial charge in [-0.05, 0) is 48.2 Å². The lowest BCUT2D eigenvalue weighted by molar-refractivity contribution is -0.134. The number of hydrogen-bond donors (Lipinski definition) is 0. The van der Waals surface area contributed by atoms with Crippen LogP contribution in [0.25, 0.3) is 0 Å². The Morgan fingerprint density at radius 2 is 2.04 bits per heavy atom. The monoisotopic (exact) mass is 375 g/mol. The lowest BCUT2D eigenvalue weighted by atomic mass is 10.2. The van der Waals surface area contributed by atoms with Gasteiger partial charge in [-0.3, -0.25) is 4.79 Å². The van der Waals surface area contributed by atoms with E-state index in [4.69, 9.17) is 20.8 Å². The van der Waals surface area contributed by atoms with Gasteiger partial charge in [0.15, 0.2) is 6.61 Å². The van der Waals surface area contributed by atoms with Crippen LogP contribution in [0.2, 0.25) is 5.02 Å². The van der Waals surface area contributed by atoms with Gasteiger partial charge in [0.1, 0.15) is 11.5 Å². The first-order chi connectivity index (χ1) is 12.1. The number of benzene rings is 1. The van der Waals surface area contributed by atoms with Crippen molar-refractivity contribution in [2.24, 2.45) is 0 Å². The summed E-state index contributed by atoms with van der Waals surface area (Å²) >= 11 is 7.71. The number of aryl methyl sites for hydroxylation is 1. The fourth-order valence-electron chi connectivity index (χ4n) is 2.35. The van der Waals surface area contributed by atoms with E-state index in [1.165, 1.54) is 5.56 Å². The molecule has 0 aliphatic rings. The summed E-state index contributed by atoms with van der Waals surface area (Å²) in [5.74, 6) is 1.12. The molecule has 0 aliphatic heterocycles. The molecule has 0 unspecified atom stereocenters. The van der Waals surface area contributed by atoms with Gasteiger partial charge in [0.2, 0.25) is 0 Å². The Morgan fingerprint density at radius 1 is 1.20 bits per heavy atom. The quantitative estimate of drug-likeness (QED) is 0.589. The van der Waals surface area contributed by atoms with E-state index in [1.54, 1.807) is 34.6 Å².